The van der Waals surface area contributed by atoms with Gasteiger partial charge in [-0.1, -0.05) is 30.3 Å². The number of nitrogens with zero attached hydrogens (tertiary/aromatic N) is 1. The van der Waals surface area contributed by atoms with Crippen molar-refractivity contribution in [3.8, 4) is 11.5 Å². The Morgan fingerprint density at radius 3 is 2.67 bits per heavy atom. The number of para-hydroxylation sites is 1. The second kappa shape index (κ2) is 8.01. The molecule has 0 atom stereocenters. The van der Waals surface area contributed by atoms with Crippen molar-refractivity contribution in [1.82, 2.24) is 10.7 Å². The Morgan fingerprint density at radius 2 is 1.90 bits per heavy atom. The Balaban J connectivity index is 1.98. The first-order valence-electron chi connectivity index (χ1n) is 6.68. The maximum Gasteiger partial charge on any atom is 0.186 e. The van der Waals surface area contributed by atoms with Gasteiger partial charge in [0.15, 0.2) is 5.11 Å². The van der Waals surface area contributed by atoms with Gasteiger partial charge >= 0.3 is 0 Å². The molecule has 0 heterocycles. The van der Waals surface area contributed by atoms with Crippen LogP contribution in [0.1, 0.15) is 12.5 Å². The first-order chi connectivity index (χ1) is 10.3. The van der Waals surface area contributed by atoms with Crippen LogP contribution in [0, 0.1) is 0 Å². The lowest BCUT2D eigenvalue weighted by molar-refractivity contribution is 0.482. The molecule has 0 amide bonds. The van der Waals surface area contributed by atoms with Gasteiger partial charge in [0.05, 0.1) is 6.21 Å². The predicted octanol–water partition coefficient (Wildman–Crippen LogP) is 3.30. The Labute approximate surface area is 129 Å². The third-order valence-corrected chi connectivity index (χ3v) is 2.79. The average molecular weight is 299 g/mol. The fourth-order valence-corrected chi connectivity index (χ4v) is 1.85. The summed E-state index contributed by atoms with van der Waals surface area (Å²) in [5.41, 5.74) is 3.68. The number of nitrogens with one attached hydrogen (secondary N) is 2. The molecule has 2 rings (SSSR count). The molecule has 0 bridgehead atoms. The summed E-state index contributed by atoms with van der Waals surface area (Å²) in [4.78, 5) is 0. The number of rotatable bonds is 5. The molecule has 108 valence electrons. The fourth-order valence-electron chi connectivity index (χ4n) is 1.65. The van der Waals surface area contributed by atoms with Crippen LogP contribution in [0.5, 0.6) is 11.5 Å². The van der Waals surface area contributed by atoms with Crippen molar-refractivity contribution in [3.05, 3.63) is 60.2 Å². The van der Waals surface area contributed by atoms with Gasteiger partial charge in [0.1, 0.15) is 11.5 Å². The number of ether oxygens (including phenoxy) is 1. The highest BCUT2D eigenvalue weighted by Gasteiger charge is 1.97. The van der Waals surface area contributed by atoms with Gasteiger partial charge < -0.3 is 10.1 Å². The van der Waals surface area contributed by atoms with Crippen LogP contribution in [0.15, 0.2) is 59.7 Å². The molecule has 0 aliphatic rings. The second-order valence-electron chi connectivity index (χ2n) is 4.22. The Bertz CT molecular complexity index is 614. The highest BCUT2D eigenvalue weighted by atomic mass is 32.1. The highest BCUT2D eigenvalue weighted by molar-refractivity contribution is 7.80. The monoisotopic (exact) mass is 299 g/mol. The van der Waals surface area contributed by atoms with E-state index in [1.165, 1.54) is 0 Å². The summed E-state index contributed by atoms with van der Waals surface area (Å²) in [6.45, 7) is 2.74. The van der Waals surface area contributed by atoms with Crippen molar-refractivity contribution in [2.24, 2.45) is 5.10 Å². The number of thiocarbonyl (C=S) groups is 1. The molecule has 2 aromatic rings. The van der Waals surface area contributed by atoms with E-state index < -0.39 is 0 Å². The van der Waals surface area contributed by atoms with Crippen LogP contribution in [-0.2, 0) is 0 Å². The Hall–Kier alpha value is -2.40. The molecule has 0 saturated heterocycles. The van der Waals surface area contributed by atoms with Crippen molar-refractivity contribution < 1.29 is 4.74 Å². The molecule has 0 aliphatic carbocycles. The highest BCUT2D eigenvalue weighted by Crippen LogP contribution is 2.21. The summed E-state index contributed by atoms with van der Waals surface area (Å²) in [7, 11) is 0. The number of hydrogen-bond acceptors (Lipinski definition) is 3. The Morgan fingerprint density at radius 1 is 1.14 bits per heavy atom. The second-order valence-corrected chi connectivity index (χ2v) is 4.63. The molecular formula is C16H17N3OS. The molecule has 5 heteroatoms. The van der Waals surface area contributed by atoms with Crippen molar-refractivity contribution >= 4 is 23.5 Å². The van der Waals surface area contributed by atoms with E-state index in [9.17, 15) is 0 Å². The summed E-state index contributed by atoms with van der Waals surface area (Å²) < 4.78 is 5.76. The molecule has 0 saturated carbocycles. The van der Waals surface area contributed by atoms with Crippen molar-refractivity contribution in [1.29, 1.82) is 0 Å². The van der Waals surface area contributed by atoms with Gasteiger partial charge in [-0.2, -0.15) is 5.10 Å². The summed E-state index contributed by atoms with van der Waals surface area (Å²) in [5, 5.41) is 7.54. The van der Waals surface area contributed by atoms with Crippen LogP contribution < -0.4 is 15.5 Å². The standard InChI is InChI=1S/C16H17N3OS/c1-2-17-16(21)19-18-12-13-7-6-10-15(11-13)20-14-8-4-3-5-9-14/h3-12H,2H2,1H3,(H2,17,19,21)/b18-12-. The van der Waals surface area contributed by atoms with Crippen LogP contribution in [0.3, 0.4) is 0 Å². The first kappa shape index (κ1) is 15.0. The summed E-state index contributed by atoms with van der Waals surface area (Å²) in [6.07, 6.45) is 1.70. The van der Waals surface area contributed by atoms with E-state index in [1.807, 2.05) is 61.5 Å². The van der Waals surface area contributed by atoms with E-state index in [0.717, 1.165) is 23.6 Å². The zero-order chi connectivity index (χ0) is 14.9. The predicted molar refractivity (Wildman–Crippen MR) is 90.0 cm³/mol. The van der Waals surface area contributed by atoms with E-state index in [2.05, 4.69) is 15.8 Å². The molecule has 0 radical (unpaired) electrons. The average Bonchev–Trinajstić information content (AvgIpc) is 2.49. The lowest BCUT2D eigenvalue weighted by Crippen LogP contribution is -2.31. The van der Waals surface area contributed by atoms with Gasteiger partial charge in [0.2, 0.25) is 0 Å². The zero-order valence-electron chi connectivity index (χ0n) is 11.7. The van der Waals surface area contributed by atoms with Crippen molar-refractivity contribution in [2.75, 3.05) is 6.54 Å². The van der Waals surface area contributed by atoms with E-state index in [-0.39, 0.29) is 0 Å². The van der Waals surface area contributed by atoms with Gasteiger partial charge in [-0.25, -0.2) is 0 Å². The van der Waals surface area contributed by atoms with Crippen LogP contribution in [-0.4, -0.2) is 17.9 Å². The lowest BCUT2D eigenvalue weighted by Gasteiger charge is -2.06. The molecule has 2 aromatic carbocycles. The molecule has 0 spiro atoms. The summed E-state index contributed by atoms with van der Waals surface area (Å²) in [6, 6.07) is 17.3. The van der Waals surface area contributed by atoms with Gasteiger partial charge in [-0.3, -0.25) is 5.43 Å². The topological polar surface area (TPSA) is 45.7 Å². The van der Waals surface area contributed by atoms with Crippen molar-refractivity contribution in [3.63, 3.8) is 0 Å². The molecule has 0 aromatic heterocycles. The molecule has 2 N–H and O–H groups in total. The molecule has 0 fully saturated rings. The van der Waals surface area contributed by atoms with Gasteiger partial charge in [0.25, 0.3) is 0 Å². The number of hydrazone groups is 1. The SMILES string of the molecule is CCNC(=S)N/N=C\c1cccc(Oc2ccccc2)c1. The van der Waals surface area contributed by atoms with E-state index >= 15 is 0 Å². The maximum absolute atomic E-state index is 5.76. The fraction of sp³-hybridized carbons (Fsp3) is 0.125. The molecular weight excluding hydrogens is 282 g/mol. The van der Waals surface area contributed by atoms with E-state index in [1.54, 1.807) is 6.21 Å². The quantitative estimate of drug-likeness (QED) is 0.505. The van der Waals surface area contributed by atoms with Crippen LogP contribution in [0.25, 0.3) is 0 Å². The minimum Gasteiger partial charge on any atom is -0.457 e. The summed E-state index contributed by atoms with van der Waals surface area (Å²) in [5.74, 6) is 1.57. The van der Waals surface area contributed by atoms with Crippen LogP contribution in [0.2, 0.25) is 0 Å². The van der Waals surface area contributed by atoms with Gasteiger partial charge in [-0.15, -0.1) is 0 Å². The molecule has 0 unspecified atom stereocenters. The lowest BCUT2D eigenvalue weighted by atomic mass is 10.2. The van der Waals surface area contributed by atoms with Gasteiger partial charge in [0, 0.05) is 6.54 Å². The van der Waals surface area contributed by atoms with E-state index in [4.69, 9.17) is 17.0 Å². The van der Waals surface area contributed by atoms with E-state index in [0.29, 0.717) is 5.11 Å². The number of hydrogen-bond donors (Lipinski definition) is 2. The largest absolute Gasteiger partial charge is 0.457 e. The number of benzene rings is 2. The van der Waals surface area contributed by atoms with Crippen LogP contribution in [0.4, 0.5) is 0 Å². The molecule has 4 nitrogen and oxygen atoms in total. The summed E-state index contributed by atoms with van der Waals surface area (Å²) >= 11 is 5.02. The third kappa shape index (κ3) is 5.24. The minimum atomic E-state index is 0.505. The Kier molecular flexibility index (Phi) is 5.72. The van der Waals surface area contributed by atoms with Crippen molar-refractivity contribution in [2.45, 2.75) is 6.92 Å². The zero-order valence-corrected chi connectivity index (χ0v) is 12.6. The van der Waals surface area contributed by atoms with Gasteiger partial charge in [-0.05, 0) is 49.0 Å². The maximum atomic E-state index is 5.76. The third-order valence-electron chi connectivity index (χ3n) is 2.55. The molecule has 0 aliphatic heterocycles. The first-order valence-corrected chi connectivity index (χ1v) is 7.08. The normalized spacial score (nSPS) is 10.3. The minimum absolute atomic E-state index is 0.505. The molecule has 21 heavy (non-hydrogen) atoms. The smallest absolute Gasteiger partial charge is 0.186 e. The van der Waals surface area contributed by atoms with Crippen LogP contribution >= 0.6 is 12.2 Å².